The van der Waals surface area contributed by atoms with E-state index in [9.17, 15) is 0 Å². The molecule has 0 aliphatic carbocycles. The molecule has 0 spiro atoms. The summed E-state index contributed by atoms with van der Waals surface area (Å²) in [7, 11) is 0. The van der Waals surface area contributed by atoms with E-state index in [-0.39, 0.29) is 0 Å². The van der Waals surface area contributed by atoms with E-state index >= 15 is 0 Å². The minimum atomic E-state index is 0.467. The Morgan fingerprint density at radius 2 is 1.71 bits per heavy atom. The van der Waals surface area contributed by atoms with E-state index in [2.05, 4.69) is 21.2 Å². The standard InChI is InChI=1S/C22H20BrCl2NO2/c1-2-27-21-11-16(13-26-20-12-17(24)8-9-19(20)25)10-18(23)22(21)28-14-15-6-4-3-5-7-15/h3-12,26H,2,13-14H2,1H3. The van der Waals surface area contributed by atoms with E-state index in [1.54, 1.807) is 18.2 Å². The third-order valence-corrected chi connectivity index (χ3v) is 5.16. The molecule has 1 N–H and O–H groups in total. The third kappa shape index (κ3) is 5.57. The van der Waals surface area contributed by atoms with Gasteiger partial charge in [0.1, 0.15) is 6.61 Å². The average molecular weight is 481 g/mol. The lowest BCUT2D eigenvalue weighted by Crippen LogP contribution is -2.04. The Labute approximate surface area is 183 Å². The van der Waals surface area contributed by atoms with Crippen LogP contribution >= 0.6 is 39.1 Å². The molecule has 146 valence electrons. The van der Waals surface area contributed by atoms with Crippen molar-refractivity contribution in [2.75, 3.05) is 11.9 Å². The van der Waals surface area contributed by atoms with E-state index in [1.165, 1.54) is 0 Å². The molecule has 0 atom stereocenters. The molecule has 0 aliphatic heterocycles. The number of ether oxygens (including phenoxy) is 2. The maximum Gasteiger partial charge on any atom is 0.175 e. The number of hydrogen-bond donors (Lipinski definition) is 1. The van der Waals surface area contributed by atoms with Crippen LogP contribution in [0.15, 0.2) is 65.1 Å². The molecule has 0 heterocycles. The fraction of sp³-hybridized carbons (Fsp3) is 0.182. The van der Waals surface area contributed by atoms with Crippen LogP contribution in [0.5, 0.6) is 11.5 Å². The largest absolute Gasteiger partial charge is 0.490 e. The van der Waals surface area contributed by atoms with Crippen LogP contribution in [0, 0.1) is 0 Å². The van der Waals surface area contributed by atoms with E-state index in [4.69, 9.17) is 32.7 Å². The molecule has 3 rings (SSSR count). The van der Waals surface area contributed by atoms with Gasteiger partial charge in [-0.05, 0) is 64.3 Å². The van der Waals surface area contributed by atoms with E-state index in [1.807, 2.05) is 49.4 Å². The van der Waals surface area contributed by atoms with Crippen molar-refractivity contribution in [3.8, 4) is 11.5 Å². The summed E-state index contributed by atoms with van der Waals surface area (Å²) in [6.45, 7) is 3.53. The monoisotopic (exact) mass is 479 g/mol. The average Bonchev–Trinajstić information content (AvgIpc) is 2.69. The van der Waals surface area contributed by atoms with Gasteiger partial charge in [-0.1, -0.05) is 53.5 Å². The van der Waals surface area contributed by atoms with Crippen molar-refractivity contribution in [1.82, 2.24) is 0 Å². The van der Waals surface area contributed by atoms with Gasteiger partial charge in [0.2, 0.25) is 0 Å². The van der Waals surface area contributed by atoms with Gasteiger partial charge >= 0.3 is 0 Å². The van der Waals surface area contributed by atoms with Crippen LogP contribution in [0.25, 0.3) is 0 Å². The first-order chi connectivity index (χ1) is 13.6. The quantitative estimate of drug-likeness (QED) is 0.365. The van der Waals surface area contributed by atoms with Crippen LogP contribution in [-0.4, -0.2) is 6.61 Å². The fourth-order valence-corrected chi connectivity index (χ4v) is 3.65. The zero-order valence-electron chi connectivity index (χ0n) is 15.3. The van der Waals surface area contributed by atoms with Gasteiger partial charge in [0.05, 0.1) is 21.8 Å². The van der Waals surface area contributed by atoms with Crippen molar-refractivity contribution in [2.24, 2.45) is 0 Å². The number of hydrogen-bond acceptors (Lipinski definition) is 3. The minimum absolute atomic E-state index is 0.467. The first-order valence-electron chi connectivity index (χ1n) is 8.87. The normalized spacial score (nSPS) is 10.6. The van der Waals surface area contributed by atoms with Crippen LogP contribution in [0.4, 0.5) is 5.69 Å². The van der Waals surface area contributed by atoms with Crippen LogP contribution in [0.1, 0.15) is 18.1 Å². The van der Waals surface area contributed by atoms with Crippen molar-refractivity contribution < 1.29 is 9.47 Å². The summed E-state index contributed by atoms with van der Waals surface area (Å²) in [5.74, 6) is 1.39. The number of benzene rings is 3. The summed E-state index contributed by atoms with van der Waals surface area (Å²) in [5, 5.41) is 4.56. The molecule has 6 heteroatoms. The Balaban J connectivity index is 1.77. The fourth-order valence-electron chi connectivity index (χ4n) is 2.69. The third-order valence-electron chi connectivity index (χ3n) is 4.01. The van der Waals surface area contributed by atoms with Gasteiger partial charge in [0.15, 0.2) is 11.5 Å². The highest BCUT2D eigenvalue weighted by atomic mass is 79.9. The molecule has 0 saturated carbocycles. The summed E-state index contributed by atoms with van der Waals surface area (Å²) < 4.78 is 12.7. The van der Waals surface area contributed by atoms with Gasteiger partial charge < -0.3 is 14.8 Å². The lowest BCUT2D eigenvalue weighted by atomic mass is 10.2. The van der Waals surface area contributed by atoms with Crippen LogP contribution < -0.4 is 14.8 Å². The second-order valence-corrected chi connectivity index (χ2v) is 7.79. The zero-order valence-corrected chi connectivity index (χ0v) is 18.4. The predicted molar refractivity (Wildman–Crippen MR) is 120 cm³/mol. The van der Waals surface area contributed by atoms with Gasteiger partial charge in [-0.25, -0.2) is 0 Å². The molecule has 28 heavy (non-hydrogen) atoms. The molecule has 0 aromatic heterocycles. The van der Waals surface area contributed by atoms with Gasteiger partial charge in [-0.15, -0.1) is 0 Å². The van der Waals surface area contributed by atoms with Crippen molar-refractivity contribution in [2.45, 2.75) is 20.1 Å². The Hall–Kier alpha value is -1.88. The molecular formula is C22H20BrCl2NO2. The maximum atomic E-state index is 6.22. The minimum Gasteiger partial charge on any atom is -0.490 e. The Morgan fingerprint density at radius 1 is 0.929 bits per heavy atom. The van der Waals surface area contributed by atoms with Crippen molar-refractivity contribution in [1.29, 1.82) is 0 Å². The summed E-state index contributed by atoms with van der Waals surface area (Å²) in [6.07, 6.45) is 0. The lowest BCUT2D eigenvalue weighted by molar-refractivity contribution is 0.267. The number of nitrogens with one attached hydrogen (secondary N) is 1. The molecule has 3 aromatic rings. The van der Waals surface area contributed by atoms with Crippen molar-refractivity contribution >= 4 is 44.8 Å². The molecule has 0 fully saturated rings. The van der Waals surface area contributed by atoms with Crippen LogP contribution in [-0.2, 0) is 13.2 Å². The number of rotatable bonds is 8. The number of anilines is 1. The molecule has 0 radical (unpaired) electrons. The van der Waals surface area contributed by atoms with Crippen LogP contribution in [0.2, 0.25) is 10.0 Å². The Morgan fingerprint density at radius 3 is 2.46 bits per heavy atom. The first kappa shape index (κ1) is 20.8. The molecule has 0 bridgehead atoms. The highest BCUT2D eigenvalue weighted by Crippen LogP contribution is 2.38. The van der Waals surface area contributed by atoms with E-state index in [0.717, 1.165) is 21.3 Å². The molecule has 3 aromatic carbocycles. The molecule has 3 nitrogen and oxygen atoms in total. The van der Waals surface area contributed by atoms with E-state index in [0.29, 0.717) is 41.3 Å². The van der Waals surface area contributed by atoms with Gasteiger partial charge in [0.25, 0.3) is 0 Å². The van der Waals surface area contributed by atoms with Gasteiger partial charge in [-0.3, -0.25) is 0 Å². The van der Waals surface area contributed by atoms with Crippen LogP contribution in [0.3, 0.4) is 0 Å². The van der Waals surface area contributed by atoms with Gasteiger partial charge in [0, 0.05) is 11.6 Å². The molecule has 0 aliphatic rings. The smallest absolute Gasteiger partial charge is 0.175 e. The molecule has 0 saturated heterocycles. The Bertz CT molecular complexity index is 935. The van der Waals surface area contributed by atoms with Crippen molar-refractivity contribution in [3.63, 3.8) is 0 Å². The first-order valence-corrected chi connectivity index (χ1v) is 10.4. The summed E-state index contributed by atoms with van der Waals surface area (Å²) in [6, 6.07) is 19.3. The summed E-state index contributed by atoms with van der Waals surface area (Å²) in [4.78, 5) is 0. The maximum absolute atomic E-state index is 6.22. The van der Waals surface area contributed by atoms with E-state index < -0.39 is 0 Å². The summed E-state index contributed by atoms with van der Waals surface area (Å²) >= 11 is 15.9. The second-order valence-electron chi connectivity index (χ2n) is 6.09. The SMILES string of the molecule is CCOc1cc(CNc2cc(Cl)ccc2Cl)cc(Br)c1OCc1ccccc1. The molecular weight excluding hydrogens is 461 g/mol. The highest BCUT2D eigenvalue weighted by Gasteiger charge is 2.13. The Kier molecular flexibility index (Phi) is 7.49. The zero-order chi connectivity index (χ0) is 19.9. The second kappa shape index (κ2) is 10.1. The highest BCUT2D eigenvalue weighted by molar-refractivity contribution is 9.10. The lowest BCUT2D eigenvalue weighted by Gasteiger charge is -2.16. The topological polar surface area (TPSA) is 30.5 Å². The van der Waals surface area contributed by atoms with Gasteiger partial charge in [-0.2, -0.15) is 0 Å². The predicted octanol–water partition coefficient (Wildman–Crippen LogP) is 7.35. The van der Waals surface area contributed by atoms with Crippen molar-refractivity contribution in [3.05, 3.63) is 86.3 Å². The molecule has 0 amide bonds. The summed E-state index contributed by atoms with van der Waals surface area (Å²) in [5.41, 5.74) is 2.91. The molecule has 0 unspecified atom stereocenters. The number of halogens is 3.